The fraction of sp³-hybridized carbons (Fsp3) is 0.625. The van der Waals surface area contributed by atoms with Gasteiger partial charge in [0.2, 0.25) is 0 Å². The summed E-state index contributed by atoms with van der Waals surface area (Å²) < 4.78 is 0. The average Bonchev–Trinajstić information content (AvgIpc) is 2.47. The molecule has 20 heavy (non-hydrogen) atoms. The van der Waals surface area contributed by atoms with Gasteiger partial charge in [-0.15, -0.1) is 0 Å². The quantitative estimate of drug-likeness (QED) is 0.702. The molecule has 0 aliphatic heterocycles. The van der Waals surface area contributed by atoms with Crippen molar-refractivity contribution in [1.29, 1.82) is 0 Å². The van der Waals surface area contributed by atoms with Crippen LogP contribution in [0.25, 0.3) is 0 Å². The molecular weight excluding hydrogens is 250 g/mol. The van der Waals surface area contributed by atoms with Gasteiger partial charge in [0.15, 0.2) is 0 Å². The second-order valence-electron chi connectivity index (χ2n) is 5.03. The van der Waals surface area contributed by atoms with Gasteiger partial charge in [-0.1, -0.05) is 27.2 Å². The number of nitrogens with zero attached hydrogens (tertiary/aromatic N) is 2. The molecule has 1 heterocycles. The highest BCUT2D eigenvalue weighted by Crippen LogP contribution is 2.12. The monoisotopic (exact) mass is 277 g/mol. The Kier molecular flexibility index (Phi) is 7.70. The molecule has 0 bridgehead atoms. The molecule has 1 rings (SSSR count). The highest BCUT2D eigenvalue weighted by Gasteiger charge is 2.14. The zero-order chi connectivity index (χ0) is 14.8. The van der Waals surface area contributed by atoms with E-state index >= 15 is 0 Å². The summed E-state index contributed by atoms with van der Waals surface area (Å²) in [5.74, 6) is 0.0836. The van der Waals surface area contributed by atoms with Crippen LogP contribution in [0.4, 0.5) is 5.69 Å². The summed E-state index contributed by atoms with van der Waals surface area (Å²) in [5, 5.41) is 3.31. The minimum Gasteiger partial charge on any atom is -0.384 e. The molecule has 0 spiro atoms. The van der Waals surface area contributed by atoms with Crippen LogP contribution in [-0.4, -0.2) is 35.4 Å². The topological polar surface area (TPSA) is 45.2 Å². The molecule has 0 radical (unpaired) electrons. The zero-order valence-corrected chi connectivity index (χ0v) is 13.0. The third kappa shape index (κ3) is 5.19. The van der Waals surface area contributed by atoms with Crippen LogP contribution in [0.1, 0.15) is 56.8 Å². The number of amides is 1. The van der Waals surface area contributed by atoms with Gasteiger partial charge >= 0.3 is 0 Å². The summed E-state index contributed by atoms with van der Waals surface area (Å²) in [4.78, 5) is 18.6. The molecule has 0 aliphatic rings. The lowest BCUT2D eigenvalue weighted by Crippen LogP contribution is -2.32. The van der Waals surface area contributed by atoms with E-state index in [1.165, 1.54) is 0 Å². The van der Waals surface area contributed by atoms with E-state index in [0.717, 1.165) is 51.0 Å². The summed E-state index contributed by atoms with van der Waals surface area (Å²) in [6.45, 7) is 8.88. The van der Waals surface area contributed by atoms with Crippen LogP contribution in [0.2, 0.25) is 0 Å². The minimum absolute atomic E-state index is 0.0836. The van der Waals surface area contributed by atoms with E-state index in [2.05, 4.69) is 31.1 Å². The predicted molar refractivity (Wildman–Crippen MR) is 84.1 cm³/mol. The van der Waals surface area contributed by atoms with Crippen LogP contribution in [0.3, 0.4) is 0 Å². The lowest BCUT2D eigenvalue weighted by atomic mass is 10.2. The van der Waals surface area contributed by atoms with E-state index < -0.39 is 0 Å². The maximum absolute atomic E-state index is 12.5. The fourth-order valence-corrected chi connectivity index (χ4v) is 2.10. The van der Waals surface area contributed by atoms with Crippen molar-refractivity contribution in [2.75, 3.05) is 25.0 Å². The average molecular weight is 277 g/mol. The number of pyridine rings is 1. The molecule has 4 heteroatoms. The molecule has 1 N–H and O–H groups in total. The molecule has 112 valence electrons. The molecule has 1 amide bonds. The molecule has 0 aromatic carbocycles. The summed E-state index contributed by atoms with van der Waals surface area (Å²) >= 11 is 0. The van der Waals surface area contributed by atoms with Gasteiger partial charge in [0.1, 0.15) is 0 Å². The zero-order valence-electron chi connectivity index (χ0n) is 13.0. The van der Waals surface area contributed by atoms with Crippen LogP contribution >= 0.6 is 0 Å². The number of rotatable bonds is 9. The molecule has 0 saturated carbocycles. The van der Waals surface area contributed by atoms with Crippen molar-refractivity contribution in [1.82, 2.24) is 9.88 Å². The van der Waals surface area contributed by atoms with Crippen molar-refractivity contribution in [2.24, 2.45) is 0 Å². The molecule has 1 aromatic heterocycles. The van der Waals surface area contributed by atoms with Crippen molar-refractivity contribution >= 4 is 11.6 Å². The van der Waals surface area contributed by atoms with Crippen molar-refractivity contribution in [2.45, 2.75) is 46.5 Å². The molecule has 4 nitrogen and oxygen atoms in total. The van der Waals surface area contributed by atoms with Crippen LogP contribution < -0.4 is 5.32 Å². The molecule has 0 saturated heterocycles. The van der Waals surface area contributed by atoms with Gasteiger partial charge in [0.05, 0.1) is 11.3 Å². The van der Waals surface area contributed by atoms with Gasteiger partial charge < -0.3 is 10.2 Å². The number of hydrogen-bond acceptors (Lipinski definition) is 3. The Bertz CT molecular complexity index is 400. The van der Waals surface area contributed by atoms with Crippen LogP contribution in [0.15, 0.2) is 18.5 Å². The van der Waals surface area contributed by atoms with E-state index in [1.54, 1.807) is 12.4 Å². The summed E-state index contributed by atoms with van der Waals surface area (Å²) in [7, 11) is 0. The predicted octanol–water partition coefficient (Wildman–Crippen LogP) is 3.56. The Morgan fingerprint density at radius 1 is 1.15 bits per heavy atom. The molecule has 1 aromatic rings. The van der Waals surface area contributed by atoms with E-state index in [4.69, 9.17) is 0 Å². The maximum Gasteiger partial charge on any atom is 0.255 e. The normalized spacial score (nSPS) is 10.3. The first-order valence-electron chi connectivity index (χ1n) is 7.71. The van der Waals surface area contributed by atoms with Gasteiger partial charge in [0, 0.05) is 32.0 Å². The van der Waals surface area contributed by atoms with Gasteiger partial charge in [-0.05, 0) is 25.3 Å². The van der Waals surface area contributed by atoms with Gasteiger partial charge in [-0.25, -0.2) is 0 Å². The molecule has 0 aliphatic carbocycles. The first-order valence-corrected chi connectivity index (χ1v) is 7.71. The number of hydrogen-bond donors (Lipinski definition) is 1. The van der Waals surface area contributed by atoms with Crippen LogP contribution in [-0.2, 0) is 0 Å². The number of aromatic nitrogens is 1. The standard InChI is InChI=1S/C16H27N3O/c1-4-7-8-18-15-11-14(12-17-13-15)16(20)19(9-5-2)10-6-3/h11-13,18H,4-10H2,1-3H3. The van der Waals surface area contributed by atoms with E-state index in [1.807, 2.05) is 11.0 Å². The Hall–Kier alpha value is -1.58. The smallest absolute Gasteiger partial charge is 0.255 e. The van der Waals surface area contributed by atoms with Crippen molar-refractivity contribution in [3.05, 3.63) is 24.0 Å². The molecular formula is C16H27N3O. The molecule has 0 unspecified atom stereocenters. The van der Waals surface area contributed by atoms with Crippen molar-refractivity contribution in [3.63, 3.8) is 0 Å². The number of carbonyl (C=O) groups is 1. The second kappa shape index (κ2) is 9.34. The van der Waals surface area contributed by atoms with Gasteiger partial charge in [-0.2, -0.15) is 0 Å². The summed E-state index contributed by atoms with van der Waals surface area (Å²) in [5.41, 5.74) is 1.60. The van der Waals surface area contributed by atoms with Crippen LogP contribution in [0, 0.1) is 0 Å². The van der Waals surface area contributed by atoms with Crippen molar-refractivity contribution in [3.8, 4) is 0 Å². The Labute approximate surface area is 122 Å². The third-order valence-electron chi connectivity index (χ3n) is 3.12. The first kappa shape index (κ1) is 16.5. The Balaban J connectivity index is 2.73. The first-order chi connectivity index (χ1) is 9.72. The minimum atomic E-state index is 0.0836. The lowest BCUT2D eigenvalue weighted by Gasteiger charge is -2.21. The van der Waals surface area contributed by atoms with Crippen LogP contribution in [0.5, 0.6) is 0 Å². The second-order valence-corrected chi connectivity index (χ2v) is 5.03. The number of nitrogens with one attached hydrogen (secondary N) is 1. The summed E-state index contributed by atoms with van der Waals surface area (Å²) in [6.07, 6.45) is 7.67. The van der Waals surface area contributed by atoms with E-state index in [0.29, 0.717) is 5.56 Å². The third-order valence-corrected chi connectivity index (χ3v) is 3.12. The summed E-state index contributed by atoms with van der Waals surface area (Å²) in [6, 6.07) is 1.91. The maximum atomic E-state index is 12.5. The SMILES string of the molecule is CCCCNc1cncc(C(=O)N(CCC)CCC)c1. The number of anilines is 1. The largest absolute Gasteiger partial charge is 0.384 e. The Morgan fingerprint density at radius 2 is 1.85 bits per heavy atom. The highest BCUT2D eigenvalue weighted by molar-refractivity contribution is 5.94. The molecule has 0 atom stereocenters. The Morgan fingerprint density at radius 3 is 2.45 bits per heavy atom. The van der Waals surface area contributed by atoms with E-state index in [9.17, 15) is 4.79 Å². The fourth-order valence-electron chi connectivity index (χ4n) is 2.10. The van der Waals surface area contributed by atoms with Gasteiger partial charge in [-0.3, -0.25) is 9.78 Å². The lowest BCUT2D eigenvalue weighted by molar-refractivity contribution is 0.0755. The number of unbranched alkanes of at least 4 members (excludes halogenated alkanes) is 1. The van der Waals surface area contributed by atoms with E-state index in [-0.39, 0.29) is 5.91 Å². The van der Waals surface area contributed by atoms with Gasteiger partial charge in [0.25, 0.3) is 5.91 Å². The highest BCUT2D eigenvalue weighted by atomic mass is 16.2. The van der Waals surface area contributed by atoms with Crippen molar-refractivity contribution < 1.29 is 4.79 Å². The number of carbonyl (C=O) groups excluding carboxylic acids is 1. The molecule has 0 fully saturated rings.